The first-order valence-corrected chi connectivity index (χ1v) is 10.7. The Kier molecular flexibility index (Phi) is 6.15. The van der Waals surface area contributed by atoms with Crippen LogP contribution in [0.2, 0.25) is 0 Å². The summed E-state index contributed by atoms with van der Waals surface area (Å²) in [5.41, 5.74) is 4.46. The molecule has 0 bridgehead atoms. The number of rotatable bonds is 5. The van der Waals surface area contributed by atoms with Crippen LogP contribution in [0, 0.1) is 13.8 Å². The van der Waals surface area contributed by atoms with Gasteiger partial charge in [-0.1, -0.05) is 18.2 Å². The van der Waals surface area contributed by atoms with Crippen molar-refractivity contribution in [2.45, 2.75) is 33.4 Å². The van der Waals surface area contributed by atoms with Gasteiger partial charge in [-0.05, 0) is 50.1 Å². The average Bonchev–Trinajstić information content (AvgIpc) is 2.76. The molecule has 31 heavy (non-hydrogen) atoms. The van der Waals surface area contributed by atoms with Gasteiger partial charge < -0.3 is 5.32 Å². The SMILES string of the molecule is Cc1ccc(C)c(NC(=O)C(C)N2CCN(Cc3cc(=O)n4ccccc4n3)CC2)c1. The first-order chi connectivity index (χ1) is 14.9. The zero-order valence-corrected chi connectivity index (χ0v) is 18.3. The number of aromatic nitrogens is 2. The molecule has 0 radical (unpaired) electrons. The lowest BCUT2D eigenvalue weighted by Gasteiger charge is -2.37. The molecule has 162 valence electrons. The van der Waals surface area contributed by atoms with Gasteiger partial charge in [0, 0.05) is 50.7 Å². The Morgan fingerprint density at radius 3 is 2.65 bits per heavy atom. The average molecular weight is 420 g/mol. The summed E-state index contributed by atoms with van der Waals surface area (Å²) in [6, 6.07) is 13.1. The highest BCUT2D eigenvalue weighted by molar-refractivity contribution is 5.95. The van der Waals surface area contributed by atoms with Crippen molar-refractivity contribution in [3.05, 3.63) is 75.8 Å². The molecule has 0 saturated carbocycles. The van der Waals surface area contributed by atoms with Gasteiger partial charge in [0.25, 0.3) is 5.56 Å². The summed E-state index contributed by atoms with van der Waals surface area (Å²) < 4.78 is 1.55. The standard InChI is InChI=1S/C24H29N5O2/c1-17-7-8-18(2)21(14-17)26-24(31)19(3)28-12-10-27(11-13-28)16-20-15-23(30)29-9-5-4-6-22(29)25-20/h4-9,14-15,19H,10-13,16H2,1-3H3,(H,26,31). The van der Waals surface area contributed by atoms with Gasteiger partial charge in [-0.15, -0.1) is 0 Å². The molecule has 1 fully saturated rings. The number of aryl methyl sites for hydroxylation is 2. The predicted octanol–water partition coefficient (Wildman–Crippen LogP) is 2.46. The normalized spacial score (nSPS) is 16.4. The Bertz CT molecular complexity index is 1150. The Balaban J connectivity index is 1.34. The highest BCUT2D eigenvalue weighted by Gasteiger charge is 2.26. The van der Waals surface area contributed by atoms with Crippen LogP contribution in [0.4, 0.5) is 5.69 Å². The van der Waals surface area contributed by atoms with Gasteiger partial charge in [0.15, 0.2) is 0 Å². The number of hydrogen-bond acceptors (Lipinski definition) is 5. The summed E-state index contributed by atoms with van der Waals surface area (Å²) in [6.07, 6.45) is 1.73. The van der Waals surface area contributed by atoms with Gasteiger partial charge in [0.05, 0.1) is 11.7 Å². The highest BCUT2D eigenvalue weighted by Crippen LogP contribution is 2.18. The fourth-order valence-corrected chi connectivity index (χ4v) is 4.00. The van der Waals surface area contributed by atoms with Crippen LogP contribution in [-0.2, 0) is 11.3 Å². The number of piperazine rings is 1. The molecule has 1 saturated heterocycles. The summed E-state index contributed by atoms with van der Waals surface area (Å²) in [5, 5.41) is 3.08. The number of hydrogen-bond donors (Lipinski definition) is 1. The van der Waals surface area contributed by atoms with E-state index in [1.165, 1.54) is 0 Å². The number of fused-ring (bicyclic) bond motifs is 1. The molecule has 3 heterocycles. The maximum absolute atomic E-state index is 12.8. The van der Waals surface area contributed by atoms with E-state index in [4.69, 9.17) is 0 Å². The zero-order valence-electron chi connectivity index (χ0n) is 18.3. The molecule has 1 aromatic carbocycles. The van der Waals surface area contributed by atoms with E-state index in [0.29, 0.717) is 12.2 Å². The lowest BCUT2D eigenvalue weighted by atomic mass is 10.1. The number of nitrogens with one attached hydrogen (secondary N) is 1. The molecular weight excluding hydrogens is 390 g/mol. The number of carbonyl (C=O) groups excluding carboxylic acids is 1. The second kappa shape index (κ2) is 8.99. The van der Waals surface area contributed by atoms with E-state index in [0.717, 1.165) is 48.7 Å². The molecule has 1 amide bonds. The van der Waals surface area contributed by atoms with Crippen molar-refractivity contribution < 1.29 is 4.79 Å². The molecule has 1 unspecified atom stereocenters. The predicted molar refractivity (Wildman–Crippen MR) is 122 cm³/mol. The van der Waals surface area contributed by atoms with E-state index in [1.54, 1.807) is 16.7 Å². The monoisotopic (exact) mass is 419 g/mol. The summed E-state index contributed by atoms with van der Waals surface area (Å²) in [7, 11) is 0. The molecule has 2 aromatic heterocycles. The largest absolute Gasteiger partial charge is 0.324 e. The maximum Gasteiger partial charge on any atom is 0.258 e. The van der Waals surface area contributed by atoms with Crippen LogP contribution in [0.3, 0.4) is 0 Å². The summed E-state index contributed by atoms with van der Waals surface area (Å²) in [5.74, 6) is 0.0198. The van der Waals surface area contributed by atoms with E-state index in [9.17, 15) is 9.59 Å². The second-order valence-corrected chi connectivity index (χ2v) is 8.31. The van der Waals surface area contributed by atoms with Crippen molar-refractivity contribution in [2.24, 2.45) is 0 Å². The van der Waals surface area contributed by atoms with Crippen LogP contribution >= 0.6 is 0 Å². The molecule has 0 spiro atoms. The van der Waals surface area contributed by atoms with E-state index >= 15 is 0 Å². The number of pyridine rings is 1. The number of amides is 1. The van der Waals surface area contributed by atoms with E-state index in [-0.39, 0.29) is 17.5 Å². The minimum absolute atomic E-state index is 0.0198. The first-order valence-electron chi connectivity index (χ1n) is 10.7. The van der Waals surface area contributed by atoms with Gasteiger partial charge in [-0.3, -0.25) is 23.8 Å². The zero-order chi connectivity index (χ0) is 22.0. The summed E-state index contributed by atoms with van der Waals surface area (Å²) in [4.78, 5) is 34.2. The Morgan fingerprint density at radius 2 is 1.87 bits per heavy atom. The third-order valence-corrected chi connectivity index (χ3v) is 5.99. The minimum Gasteiger partial charge on any atom is -0.324 e. The van der Waals surface area contributed by atoms with E-state index in [1.807, 2.05) is 57.2 Å². The number of benzene rings is 1. The first kappa shape index (κ1) is 21.2. The van der Waals surface area contributed by atoms with Gasteiger partial charge >= 0.3 is 0 Å². The van der Waals surface area contributed by atoms with Crippen LogP contribution in [0.5, 0.6) is 0 Å². The van der Waals surface area contributed by atoms with Crippen LogP contribution in [-0.4, -0.2) is 57.3 Å². The number of nitrogens with zero attached hydrogens (tertiary/aromatic N) is 4. The highest BCUT2D eigenvalue weighted by atomic mass is 16.2. The smallest absolute Gasteiger partial charge is 0.258 e. The molecule has 0 aliphatic carbocycles. The molecule has 7 heteroatoms. The fraction of sp³-hybridized carbons (Fsp3) is 0.375. The fourth-order valence-electron chi connectivity index (χ4n) is 4.00. The Hall–Kier alpha value is -3.03. The second-order valence-electron chi connectivity index (χ2n) is 8.31. The van der Waals surface area contributed by atoms with Crippen LogP contribution in [0.1, 0.15) is 23.7 Å². The third-order valence-electron chi connectivity index (χ3n) is 5.99. The lowest BCUT2D eigenvalue weighted by Crippen LogP contribution is -2.52. The molecule has 1 N–H and O–H groups in total. The minimum atomic E-state index is -0.203. The third kappa shape index (κ3) is 4.84. The van der Waals surface area contributed by atoms with E-state index < -0.39 is 0 Å². The summed E-state index contributed by atoms with van der Waals surface area (Å²) in [6.45, 7) is 9.89. The van der Waals surface area contributed by atoms with Crippen molar-refractivity contribution in [3.8, 4) is 0 Å². The van der Waals surface area contributed by atoms with Crippen molar-refractivity contribution in [3.63, 3.8) is 0 Å². The van der Waals surface area contributed by atoms with E-state index in [2.05, 4.69) is 20.1 Å². The molecular formula is C24H29N5O2. The maximum atomic E-state index is 12.8. The van der Waals surface area contributed by atoms with Gasteiger partial charge in [0.1, 0.15) is 5.65 Å². The molecule has 1 aliphatic rings. The van der Waals surface area contributed by atoms with Crippen molar-refractivity contribution in [1.82, 2.24) is 19.2 Å². The quantitative estimate of drug-likeness (QED) is 0.688. The topological polar surface area (TPSA) is 70.0 Å². The van der Waals surface area contributed by atoms with Crippen molar-refractivity contribution in [1.29, 1.82) is 0 Å². The number of anilines is 1. The molecule has 3 aromatic rings. The van der Waals surface area contributed by atoms with Gasteiger partial charge in [-0.2, -0.15) is 0 Å². The van der Waals surface area contributed by atoms with Crippen molar-refractivity contribution >= 4 is 17.2 Å². The van der Waals surface area contributed by atoms with Crippen molar-refractivity contribution in [2.75, 3.05) is 31.5 Å². The van der Waals surface area contributed by atoms with Crippen LogP contribution in [0.25, 0.3) is 5.65 Å². The molecule has 7 nitrogen and oxygen atoms in total. The number of carbonyl (C=O) groups is 1. The molecule has 4 rings (SSSR count). The summed E-state index contributed by atoms with van der Waals surface area (Å²) >= 11 is 0. The van der Waals surface area contributed by atoms with Gasteiger partial charge in [0.2, 0.25) is 5.91 Å². The molecule has 1 aliphatic heterocycles. The van der Waals surface area contributed by atoms with Gasteiger partial charge in [-0.25, -0.2) is 4.98 Å². The van der Waals surface area contributed by atoms with Crippen LogP contribution in [0.15, 0.2) is 53.5 Å². The van der Waals surface area contributed by atoms with Crippen LogP contribution < -0.4 is 10.9 Å². The Labute approximate surface area is 182 Å². The molecule has 1 atom stereocenters. The lowest BCUT2D eigenvalue weighted by molar-refractivity contribution is -0.121. The Morgan fingerprint density at radius 1 is 1.10 bits per heavy atom.